The zero-order chi connectivity index (χ0) is 13.8. The van der Waals surface area contributed by atoms with Crippen LogP contribution in [-0.4, -0.2) is 16.5 Å². The molecule has 102 valence electrons. The molecule has 20 heavy (non-hydrogen) atoms. The second-order valence-electron chi connectivity index (χ2n) is 4.62. The average molecular weight is 267 g/mol. The highest BCUT2D eigenvalue weighted by molar-refractivity contribution is 5.50. The highest BCUT2D eigenvalue weighted by Gasteiger charge is 2.03. The van der Waals surface area contributed by atoms with Crippen LogP contribution in [0.2, 0.25) is 0 Å². The largest absolute Gasteiger partial charge is 0.380 e. The van der Waals surface area contributed by atoms with E-state index >= 15 is 0 Å². The Hall–Kier alpha value is -2.33. The van der Waals surface area contributed by atoms with Gasteiger partial charge in [-0.3, -0.25) is 4.40 Å². The maximum atomic E-state index is 5.24. The molecule has 0 bridgehead atoms. The van der Waals surface area contributed by atoms with Gasteiger partial charge in [0.05, 0.1) is 6.61 Å². The number of benzene rings is 1. The Labute approximate surface area is 118 Å². The summed E-state index contributed by atoms with van der Waals surface area (Å²) in [5.74, 6) is 1.03. The minimum atomic E-state index is 0.632. The van der Waals surface area contributed by atoms with Crippen molar-refractivity contribution in [3.63, 3.8) is 0 Å². The van der Waals surface area contributed by atoms with Gasteiger partial charge >= 0.3 is 0 Å². The van der Waals surface area contributed by atoms with Gasteiger partial charge in [0.15, 0.2) is 0 Å². The van der Waals surface area contributed by atoms with Crippen LogP contribution in [0, 0.1) is 0 Å². The van der Waals surface area contributed by atoms with E-state index in [0.29, 0.717) is 6.61 Å². The van der Waals surface area contributed by atoms with E-state index in [2.05, 4.69) is 22.4 Å². The van der Waals surface area contributed by atoms with Crippen LogP contribution < -0.4 is 5.32 Å². The standard InChI is InChI=1S/C16H17N3O/c1-20-12-14-6-3-2-5-13(14)11-18-16-8-4-7-15-17-9-10-19(15)16/h2-10,18H,11-12H2,1H3. The normalized spacial score (nSPS) is 10.8. The first-order valence-corrected chi connectivity index (χ1v) is 6.60. The molecule has 2 aromatic heterocycles. The monoisotopic (exact) mass is 267 g/mol. The van der Waals surface area contributed by atoms with E-state index in [0.717, 1.165) is 18.0 Å². The Bertz CT molecular complexity index is 706. The van der Waals surface area contributed by atoms with E-state index in [-0.39, 0.29) is 0 Å². The molecule has 4 heteroatoms. The predicted octanol–water partition coefficient (Wildman–Crippen LogP) is 3.09. The molecule has 4 nitrogen and oxygen atoms in total. The number of imidazole rings is 1. The molecule has 0 radical (unpaired) electrons. The second-order valence-corrected chi connectivity index (χ2v) is 4.62. The van der Waals surface area contributed by atoms with Crippen molar-refractivity contribution in [3.05, 3.63) is 66.0 Å². The summed E-state index contributed by atoms with van der Waals surface area (Å²) in [6, 6.07) is 14.3. The van der Waals surface area contributed by atoms with Gasteiger partial charge in [0.2, 0.25) is 0 Å². The van der Waals surface area contributed by atoms with Crippen LogP contribution in [0.5, 0.6) is 0 Å². The molecule has 0 unspecified atom stereocenters. The Balaban J connectivity index is 1.81. The Morgan fingerprint density at radius 1 is 1.10 bits per heavy atom. The van der Waals surface area contributed by atoms with E-state index in [9.17, 15) is 0 Å². The summed E-state index contributed by atoms with van der Waals surface area (Å²) < 4.78 is 7.28. The fraction of sp³-hybridized carbons (Fsp3) is 0.188. The van der Waals surface area contributed by atoms with Crippen LogP contribution in [0.25, 0.3) is 5.65 Å². The van der Waals surface area contributed by atoms with Gasteiger partial charge in [-0.15, -0.1) is 0 Å². The van der Waals surface area contributed by atoms with E-state index < -0.39 is 0 Å². The fourth-order valence-corrected chi connectivity index (χ4v) is 2.30. The maximum Gasteiger partial charge on any atom is 0.138 e. The highest BCUT2D eigenvalue weighted by atomic mass is 16.5. The molecule has 0 aliphatic heterocycles. The van der Waals surface area contributed by atoms with Gasteiger partial charge < -0.3 is 10.1 Å². The number of fused-ring (bicyclic) bond motifs is 1. The van der Waals surface area contributed by atoms with Crippen LogP contribution in [-0.2, 0) is 17.9 Å². The van der Waals surface area contributed by atoms with Crippen LogP contribution in [0.15, 0.2) is 54.9 Å². The summed E-state index contributed by atoms with van der Waals surface area (Å²) in [6.45, 7) is 1.39. The lowest BCUT2D eigenvalue weighted by Crippen LogP contribution is -2.06. The van der Waals surface area contributed by atoms with Crippen molar-refractivity contribution in [2.45, 2.75) is 13.2 Å². The first kappa shape index (κ1) is 12.7. The summed E-state index contributed by atoms with van der Waals surface area (Å²) >= 11 is 0. The number of hydrogen-bond donors (Lipinski definition) is 1. The molecule has 0 atom stereocenters. The molecule has 0 fully saturated rings. The number of hydrogen-bond acceptors (Lipinski definition) is 3. The SMILES string of the molecule is COCc1ccccc1CNc1cccc2nccn12. The van der Waals surface area contributed by atoms with Crippen molar-refractivity contribution in [1.82, 2.24) is 9.38 Å². The summed E-state index contributed by atoms with van der Waals surface area (Å²) in [5.41, 5.74) is 3.40. The zero-order valence-corrected chi connectivity index (χ0v) is 11.4. The Kier molecular flexibility index (Phi) is 3.65. The van der Waals surface area contributed by atoms with Crippen molar-refractivity contribution in [1.29, 1.82) is 0 Å². The number of aromatic nitrogens is 2. The minimum Gasteiger partial charge on any atom is -0.380 e. The van der Waals surface area contributed by atoms with Crippen molar-refractivity contribution in [2.75, 3.05) is 12.4 Å². The molecule has 0 saturated carbocycles. The molecule has 3 rings (SSSR count). The average Bonchev–Trinajstić information content (AvgIpc) is 2.96. The molecular formula is C16H17N3O. The maximum absolute atomic E-state index is 5.24. The number of nitrogens with zero attached hydrogens (tertiary/aromatic N) is 2. The van der Waals surface area contributed by atoms with Crippen LogP contribution >= 0.6 is 0 Å². The quantitative estimate of drug-likeness (QED) is 0.772. The molecule has 0 saturated heterocycles. The second kappa shape index (κ2) is 5.75. The molecule has 0 aliphatic carbocycles. The lowest BCUT2D eigenvalue weighted by atomic mass is 10.1. The molecule has 0 amide bonds. The van der Waals surface area contributed by atoms with Crippen LogP contribution in [0.3, 0.4) is 0 Å². The minimum absolute atomic E-state index is 0.632. The molecule has 0 aliphatic rings. The first-order chi connectivity index (χ1) is 9.88. The summed E-state index contributed by atoms with van der Waals surface area (Å²) in [6.07, 6.45) is 3.76. The predicted molar refractivity (Wildman–Crippen MR) is 79.7 cm³/mol. The van der Waals surface area contributed by atoms with E-state index in [1.807, 2.05) is 40.9 Å². The number of methoxy groups -OCH3 is 1. The molecule has 1 aromatic carbocycles. The highest BCUT2D eigenvalue weighted by Crippen LogP contribution is 2.15. The van der Waals surface area contributed by atoms with Crippen LogP contribution in [0.4, 0.5) is 5.82 Å². The smallest absolute Gasteiger partial charge is 0.138 e. The van der Waals surface area contributed by atoms with Crippen LogP contribution in [0.1, 0.15) is 11.1 Å². The van der Waals surface area contributed by atoms with Gasteiger partial charge in [-0.25, -0.2) is 4.98 Å². The topological polar surface area (TPSA) is 38.6 Å². The summed E-state index contributed by atoms with van der Waals surface area (Å²) in [7, 11) is 1.72. The van der Waals surface area contributed by atoms with Gasteiger partial charge in [-0.1, -0.05) is 30.3 Å². The third kappa shape index (κ3) is 2.51. The number of nitrogens with one attached hydrogen (secondary N) is 1. The number of ether oxygens (including phenoxy) is 1. The van der Waals surface area contributed by atoms with E-state index in [4.69, 9.17) is 4.74 Å². The fourth-order valence-electron chi connectivity index (χ4n) is 2.30. The lowest BCUT2D eigenvalue weighted by molar-refractivity contribution is 0.184. The van der Waals surface area contributed by atoms with Crippen molar-refractivity contribution < 1.29 is 4.74 Å². The molecule has 3 aromatic rings. The molecule has 1 N–H and O–H groups in total. The number of rotatable bonds is 5. The number of pyridine rings is 1. The van der Waals surface area contributed by atoms with Crippen molar-refractivity contribution in [2.24, 2.45) is 0 Å². The van der Waals surface area contributed by atoms with E-state index in [1.165, 1.54) is 11.1 Å². The summed E-state index contributed by atoms with van der Waals surface area (Å²) in [5, 5.41) is 3.46. The van der Waals surface area contributed by atoms with Crippen molar-refractivity contribution in [3.8, 4) is 0 Å². The molecule has 0 spiro atoms. The number of anilines is 1. The molecule has 2 heterocycles. The van der Waals surface area contributed by atoms with Gasteiger partial charge in [0.25, 0.3) is 0 Å². The third-order valence-electron chi connectivity index (χ3n) is 3.31. The lowest BCUT2D eigenvalue weighted by Gasteiger charge is -2.12. The van der Waals surface area contributed by atoms with Gasteiger partial charge in [-0.05, 0) is 23.3 Å². The summed E-state index contributed by atoms with van der Waals surface area (Å²) in [4.78, 5) is 4.28. The van der Waals surface area contributed by atoms with Crippen molar-refractivity contribution >= 4 is 11.5 Å². The van der Waals surface area contributed by atoms with Gasteiger partial charge in [0.1, 0.15) is 11.5 Å². The first-order valence-electron chi connectivity index (χ1n) is 6.60. The third-order valence-corrected chi connectivity index (χ3v) is 3.31. The van der Waals surface area contributed by atoms with E-state index in [1.54, 1.807) is 13.3 Å². The molecular weight excluding hydrogens is 250 g/mol. The Morgan fingerprint density at radius 3 is 2.80 bits per heavy atom. The zero-order valence-electron chi connectivity index (χ0n) is 11.4. The van der Waals surface area contributed by atoms with Gasteiger partial charge in [0, 0.05) is 26.0 Å². The van der Waals surface area contributed by atoms with Gasteiger partial charge in [-0.2, -0.15) is 0 Å². The Morgan fingerprint density at radius 2 is 1.95 bits per heavy atom.